The Labute approximate surface area is 121 Å². The number of hydrogen-bond donors (Lipinski definition) is 1. The number of imidazole rings is 1. The smallest absolute Gasteiger partial charge is 0.137 e. The first-order valence-electron chi connectivity index (χ1n) is 8.15. The van der Waals surface area contributed by atoms with Gasteiger partial charge in [-0.3, -0.25) is 4.90 Å². The van der Waals surface area contributed by atoms with Crippen LogP contribution in [0.2, 0.25) is 0 Å². The van der Waals surface area contributed by atoms with Crippen molar-refractivity contribution in [3.63, 3.8) is 0 Å². The average Bonchev–Trinajstić information content (AvgIpc) is 2.83. The maximum Gasteiger partial charge on any atom is 0.137 e. The number of aromatic nitrogens is 2. The summed E-state index contributed by atoms with van der Waals surface area (Å²) < 4.78 is 2.16. The van der Waals surface area contributed by atoms with Crippen molar-refractivity contribution in [1.82, 2.24) is 14.5 Å². The van der Waals surface area contributed by atoms with Crippen molar-refractivity contribution in [2.24, 2.45) is 0 Å². The zero-order valence-electron chi connectivity index (χ0n) is 12.8. The third-order valence-electron chi connectivity index (χ3n) is 4.81. The Morgan fingerprint density at radius 3 is 2.85 bits per heavy atom. The molecule has 1 N–H and O–H groups in total. The van der Waals surface area contributed by atoms with E-state index in [0.29, 0.717) is 12.1 Å². The van der Waals surface area contributed by atoms with E-state index in [1.165, 1.54) is 31.5 Å². The van der Waals surface area contributed by atoms with Gasteiger partial charge in [-0.15, -0.1) is 0 Å². The number of nitrogens with zero attached hydrogens (tertiary/aromatic N) is 3. The summed E-state index contributed by atoms with van der Waals surface area (Å²) in [6.45, 7) is 6.82. The van der Waals surface area contributed by atoms with E-state index in [1.807, 2.05) is 0 Å². The number of fused-ring (bicyclic) bond motifs is 1. The normalized spacial score (nSPS) is 27.8. The van der Waals surface area contributed by atoms with Crippen LogP contribution in [0.5, 0.6) is 0 Å². The van der Waals surface area contributed by atoms with Crippen molar-refractivity contribution in [1.29, 1.82) is 0 Å². The topological polar surface area (TPSA) is 41.3 Å². The van der Waals surface area contributed by atoms with Crippen LogP contribution in [-0.4, -0.2) is 38.2 Å². The molecule has 112 valence electrons. The molecule has 2 atom stereocenters. The van der Waals surface area contributed by atoms with Crippen molar-refractivity contribution >= 4 is 0 Å². The zero-order valence-corrected chi connectivity index (χ0v) is 12.8. The standard InChI is InChI=1S/C16H27N3O/c1-12(2)19-9-4-3-6-14(19)10-13-11-18-8-5-7-15(20)16(18)17-13/h11-12,14-15,20H,3-10H2,1-2H3. The second kappa shape index (κ2) is 5.86. The SMILES string of the molecule is CC(C)N1CCCCC1Cc1cn2c(n1)C(O)CCC2. The van der Waals surface area contributed by atoms with E-state index in [0.717, 1.165) is 31.6 Å². The first-order valence-corrected chi connectivity index (χ1v) is 8.15. The van der Waals surface area contributed by atoms with Crippen molar-refractivity contribution in [2.45, 2.75) is 77.1 Å². The number of aryl methyl sites for hydroxylation is 1. The third kappa shape index (κ3) is 2.77. The molecule has 3 rings (SSSR count). The number of hydrogen-bond acceptors (Lipinski definition) is 3. The molecule has 0 bridgehead atoms. The highest BCUT2D eigenvalue weighted by Gasteiger charge is 2.27. The van der Waals surface area contributed by atoms with Crippen LogP contribution in [0.15, 0.2) is 6.20 Å². The molecule has 0 amide bonds. The van der Waals surface area contributed by atoms with Crippen molar-refractivity contribution in [3.05, 3.63) is 17.7 Å². The number of aliphatic hydroxyl groups is 1. The summed E-state index contributed by atoms with van der Waals surface area (Å²) >= 11 is 0. The predicted octanol–water partition coefficient (Wildman–Crippen LogP) is 2.52. The van der Waals surface area contributed by atoms with Gasteiger partial charge in [0.25, 0.3) is 0 Å². The maximum absolute atomic E-state index is 10.0. The van der Waals surface area contributed by atoms with E-state index in [1.54, 1.807) is 0 Å². The van der Waals surface area contributed by atoms with Gasteiger partial charge in [0.1, 0.15) is 11.9 Å². The quantitative estimate of drug-likeness (QED) is 0.923. The van der Waals surface area contributed by atoms with Crippen LogP contribution in [0.3, 0.4) is 0 Å². The van der Waals surface area contributed by atoms with Gasteiger partial charge in [-0.2, -0.15) is 0 Å². The van der Waals surface area contributed by atoms with Gasteiger partial charge in [-0.05, 0) is 46.1 Å². The fourth-order valence-electron chi connectivity index (χ4n) is 3.78. The van der Waals surface area contributed by atoms with Crippen LogP contribution in [0.4, 0.5) is 0 Å². The molecule has 4 heteroatoms. The van der Waals surface area contributed by atoms with Crippen molar-refractivity contribution < 1.29 is 5.11 Å². The van der Waals surface area contributed by atoms with Crippen LogP contribution in [-0.2, 0) is 13.0 Å². The van der Waals surface area contributed by atoms with E-state index in [-0.39, 0.29) is 6.10 Å². The summed E-state index contributed by atoms with van der Waals surface area (Å²) in [5, 5.41) is 10.0. The molecule has 3 heterocycles. The summed E-state index contributed by atoms with van der Waals surface area (Å²) in [6.07, 6.45) is 8.71. The molecular formula is C16H27N3O. The highest BCUT2D eigenvalue weighted by Crippen LogP contribution is 2.27. The molecule has 20 heavy (non-hydrogen) atoms. The molecule has 0 spiro atoms. The molecule has 1 saturated heterocycles. The third-order valence-corrected chi connectivity index (χ3v) is 4.81. The van der Waals surface area contributed by atoms with Gasteiger partial charge in [0, 0.05) is 31.2 Å². The lowest BCUT2D eigenvalue weighted by molar-refractivity contribution is 0.111. The number of aliphatic hydroxyl groups excluding tert-OH is 1. The molecular weight excluding hydrogens is 250 g/mol. The molecule has 0 saturated carbocycles. The largest absolute Gasteiger partial charge is 0.385 e. The van der Waals surface area contributed by atoms with Gasteiger partial charge in [0.15, 0.2) is 0 Å². The molecule has 1 fully saturated rings. The van der Waals surface area contributed by atoms with Gasteiger partial charge in [0.05, 0.1) is 5.69 Å². The Bertz CT molecular complexity index is 455. The van der Waals surface area contributed by atoms with Crippen LogP contribution in [0, 0.1) is 0 Å². The van der Waals surface area contributed by atoms with Crippen molar-refractivity contribution in [3.8, 4) is 0 Å². The minimum absolute atomic E-state index is 0.356. The highest BCUT2D eigenvalue weighted by atomic mass is 16.3. The zero-order chi connectivity index (χ0) is 14.1. The second-order valence-electron chi connectivity index (χ2n) is 6.63. The Hall–Kier alpha value is -0.870. The maximum atomic E-state index is 10.0. The molecule has 0 aliphatic carbocycles. The Kier molecular flexibility index (Phi) is 4.13. The summed E-state index contributed by atoms with van der Waals surface area (Å²) in [7, 11) is 0. The molecule has 2 aliphatic heterocycles. The minimum Gasteiger partial charge on any atom is -0.385 e. The molecule has 1 aromatic rings. The monoisotopic (exact) mass is 277 g/mol. The van der Waals surface area contributed by atoms with Crippen LogP contribution >= 0.6 is 0 Å². The number of likely N-dealkylation sites (tertiary alicyclic amines) is 1. The van der Waals surface area contributed by atoms with Gasteiger partial charge < -0.3 is 9.67 Å². The molecule has 1 aromatic heterocycles. The summed E-state index contributed by atoms with van der Waals surface area (Å²) in [5.41, 5.74) is 1.17. The van der Waals surface area contributed by atoms with Crippen LogP contribution in [0.25, 0.3) is 0 Å². The summed E-state index contributed by atoms with van der Waals surface area (Å²) in [6, 6.07) is 1.24. The first-order chi connectivity index (χ1) is 9.65. The fourth-order valence-corrected chi connectivity index (χ4v) is 3.78. The summed E-state index contributed by atoms with van der Waals surface area (Å²) in [5.74, 6) is 0.887. The van der Waals surface area contributed by atoms with Gasteiger partial charge in [-0.1, -0.05) is 6.42 Å². The Morgan fingerprint density at radius 1 is 1.25 bits per heavy atom. The van der Waals surface area contributed by atoms with E-state index >= 15 is 0 Å². The van der Waals surface area contributed by atoms with Gasteiger partial charge in [0.2, 0.25) is 0 Å². The highest BCUT2D eigenvalue weighted by molar-refractivity contribution is 5.10. The molecule has 0 radical (unpaired) electrons. The van der Waals surface area contributed by atoms with Crippen LogP contribution in [0.1, 0.15) is 63.6 Å². The second-order valence-corrected chi connectivity index (χ2v) is 6.63. The molecule has 0 aromatic carbocycles. The van der Waals surface area contributed by atoms with Gasteiger partial charge in [-0.25, -0.2) is 4.98 Å². The lowest BCUT2D eigenvalue weighted by Gasteiger charge is -2.38. The average molecular weight is 277 g/mol. The molecule has 2 unspecified atom stereocenters. The van der Waals surface area contributed by atoms with Crippen LogP contribution < -0.4 is 0 Å². The fraction of sp³-hybridized carbons (Fsp3) is 0.812. The van der Waals surface area contributed by atoms with Gasteiger partial charge >= 0.3 is 0 Å². The molecule has 2 aliphatic rings. The lowest BCUT2D eigenvalue weighted by Crippen LogP contribution is -2.45. The number of piperidine rings is 1. The Balaban J connectivity index is 1.73. The minimum atomic E-state index is -0.356. The molecule has 4 nitrogen and oxygen atoms in total. The number of rotatable bonds is 3. The lowest BCUT2D eigenvalue weighted by atomic mass is 9.97. The van der Waals surface area contributed by atoms with E-state index in [4.69, 9.17) is 4.98 Å². The van der Waals surface area contributed by atoms with Crippen molar-refractivity contribution in [2.75, 3.05) is 6.54 Å². The first kappa shape index (κ1) is 14.1. The predicted molar refractivity (Wildman–Crippen MR) is 79.6 cm³/mol. The van der Waals surface area contributed by atoms with E-state index < -0.39 is 0 Å². The Morgan fingerprint density at radius 2 is 2.10 bits per heavy atom. The summed E-state index contributed by atoms with van der Waals surface area (Å²) in [4.78, 5) is 7.33. The van der Waals surface area contributed by atoms with E-state index in [2.05, 4.69) is 29.5 Å². The van der Waals surface area contributed by atoms with E-state index in [9.17, 15) is 5.11 Å².